The summed E-state index contributed by atoms with van der Waals surface area (Å²) in [6, 6.07) is 13.6. The Morgan fingerprint density at radius 3 is 2.40 bits per heavy atom. The molecule has 0 fully saturated rings. The van der Waals surface area contributed by atoms with Gasteiger partial charge in [-0.25, -0.2) is 4.79 Å². The molecule has 0 bridgehead atoms. The normalized spacial score (nSPS) is 10.4. The van der Waals surface area contributed by atoms with E-state index >= 15 is 0 Å². The number of carbonyl (C=O) groups excluding carboxylic acids is 2. The van der Waals surface area contributed by atoms with Crippen molar-refractivity contribution in [1.82, 2.24) is 4.90 Å². The number of esters is 1. The van der Waals surface area contributed by atoms with E-state index in [0.29, 0.717) is 12.1 Å². The SMILES string of the molecule is CSc1ccc(CN(C)C(=O)COC(=O)c2cc(C)ccc2C)cc1. The van der Waals surface area contributed by atoms with E-state index in [0.717, 1.165) is 16.7 Å². The molecule has 25 heavy (non-hydrogen) atoms. The molecular formula is C20H23NO3S. The minimum absolute atomic E-state index is 0.229. The van der Waals surface area contributed by atoms with Crippen molar-refractivity contribution >= 4 is 23.6 Å². The van der Waals surface area contributed by atoms with Gasteiger partial charge in [0, 0.05) is 18.5 Å². The Labute approximate surface area is 153 Å². The van der Waals surface area contributed by atoms with Crippen LogP contribution in [-0.2, 0) is 16.1 Å². The zero-order chi connectivity index (χ0) is 18.4. The maximum absolute atomic E-state index is 12.2. The van der Waals surface area contributed by atoms with Crippen molar-refractivity contribution < 1.29 is 14.3 Å². The third kappa shape index (κ3) is 5.36. The average Bonchev–Trinajstić information content (AvgIpc) is 2.62. The number of hydrogen-bond acceptors (Lipinski definition) is 4. The maximum Gasteiger partial charge on any atom is 0.338 e. The molecule has 0 aliphatic carbocycles. The molecule has 4 nitrogen and oxygen atoms in total. The molecule has 0 N–H and O–H groups in total. The summed E-state index contributed by atoms with van der Waals surface area (Å²) in [6.45, 7) is 3.99. The van der Waals surface area contributed by atoms with Crippen LogP contribution in [0.5, 0.6) is 0 Å². The van der Waals surface area contributed by atoms with Crippen molar-refractivity contribution in [3.8, 4) is 0 Å². The Balaban J connectivity index is 1.90. The van der Waals surface area contributed by atoms with Crippen LogP contribution in [0.4, 0.5) is 0 Å². The number of rotatable bonds is 6. The zero-order valence-electron chi connectivity index (χ0n) is 15.0. The second kappa shape index (κ2) is 8.72. The predicted octanol–water partition coefficient (Wildman–Crippen LogP) is 3.84. The van der Waals surface area contributed by atoms with E-state index in [-0.39, 0.29) is 12.5 Å². The molecular weight excluding hydrogens is 334 g/mol. The summed E-state index contributed by atoms with van der Waals surface area (Å²) in [6.07, 6.45) is 2.02. The molecule has 0 spiro atoms. The summed E-state index contributed by atoms with van der Waals surface area (Å²) >= 11 is 1.68. The van der Waals surface area contributed by atoms with Crippen molar-refractivity contribution in [2.45, 2.75) is 25.3 Å². The monoisotopic (exact) mass is 357 g/mol. The van der Waals surface area contributed by atoms with Gasteiger partial charge in [0.15, 0.2) is 6.61 Å². The highest BCUT2D eigenvalue weighted by Gasteiger charge is 2.15. The minimum atomic E-state index is -0.465. The lowest BCUT2D eigenvalue weighted by Gasteiger charge is -2.17. The van der Waals surface area contributed by atoms with E-state index < -0.39 is 5.97 Å². The average molecular weight is 357 g/mol. The van der Waals surface area contributed by atoms with Crippen LogP contribution in [0.2, 0.25) is 0 Å². The number of hydrogen-bond donors (Lipinski definition) is 0. The van der Waals surface area contributed by atoms with Gasteiger partial charge in [0.2, 0.25) is 0 Å². The third-order valence-corrected chi connectivity index (χ3v) is 4.69. The van der Waals surface area contributed by atoms with Crippen LogP contribution in [0.15, 0.2) is 47.4 Å². The number of aryl methyl sites for hydroxylation is 2. The first-order valence-corrected chi connectivity index (χ1v) is 9.24. The second-order valence-electron chi connectivity index (χ2n) is 5.99. The van der Waals surface area contributed by atoms with Gasteiger partial charge in [0.25, 0.3) is 5.91 Å². The molecule has 2 aromatic rings. The molecule has 2 rings (SSSR count). The van der Waals surface area contributed by atoms with Crippen molar-refractivity contribution in [2.24, 2.45) is 0 Å². The van der Waals surface area contributed by atoms with Crippen LogP contribution in [0.25, 0.3) is 0 Å². The molecule has 0 aliphatic rings. The van der Waals surface area contributed by atoms with Gasteiger partial charge in [0.05, 0.1) is 5.56 Å². The molecule has 2 aromatic carbocycles. The van der Waals surface area contributed by atoms with Crippen LogP contribution >= 0.6 is 11.8 Å². The number of ether oxygens (including phenoxy) is 1. The number of nitrogens with zero attached hydrogens (tertiary/aromatic N) is 1. The van der Waals surface area contributed by atoms with Crippen LogP contribution < -0.4 is 0 Å². The van der Waals surface area contributed by atoms with Crippen LogP contribution in [0, 0.1) is 13.8 Å². The smallest absolute Gasteiger partial charge is 0.338 e. The standard InChI is InChI=1S/C20H23NO3S/c1-14-5-6-15(2)18(11-14)20(23)24-13-19(22)21(3)12-16-7-9-17(25-4)10-8-16/h5-11H,12-13H2,1-4H3. The fourth-order valence-electron chi connectivity index (χ4n) is 2.36. The van der Waals surface area contributed by atoms with Gasteiger partial charge >= 0.3 is 5.97 Å². The van der Waals surface area contributed by atoms with Gasteiger partial charge in [-0.2, -0.15) is 0 Å². The Morgan fingerprint density at radius 1 is 1.08 bits per heavy atom. The summed E-state index contributed by atoms with van der Waals surface area (Å²) < 4.78 is 5.19. The van der Waals surface area contributed by atoms with Crippen LogP contribution in [0.1, 0.15) is 27.0 Å². The van der Waals surface area contributed by atoms with Gasteiger partial charge in [-0.3, -0.25) is 4.79 Å². The van der Waals surface area contributed by atoms with E-state index in [2.05, 4.69) is 0 Å². The largest absolute Gasteiger partial charge is 0.452 e. The van der Waals surface area contributed by atoms with E-state index in [4.69, 9.17) is 4.74 Å². The van der Waals surface area contributed by atoms with E-state index in [1.54, 1.807) is 29.8 Å². The van der Waals surface area contributed by atoms with E-state index in [1.807, 2.05) is 56.5 Å². The predicted molar refractivity (Wildman–Crippen MR) is 101 cm³/mol. The molecule has 0 heterocycles. The number of likely N-dealkylation sites (N-methyl/N-ethyl adjacent to an activating group) is 1. The highest BCUT2D eigenvalue weighted by molar-refractivity contribution is 7.98. The summed E-state index contributed by atoms with van der Waals surface area (Å²) in [4.78, 5) is 27.1. The van der Waals surface area contributed by atoms with Gasteiger partial charge in [0.1, 0.15) is 0 Å². The highest BCUT2D eigenvalue weighted by Crippen LogP contribution is 2.16. The number of carbonyl (C=O) groups is 2. The first-order valence-electron chi connectivity index (χ1n) is 8.02. The molecule has 0 saturated carbocycles. The lowest BCUT2D eigenvalue weighted by molar-refractivity contribution is -0.133. The molecule has 0 aromatic heterocycles. The van der Waals surface area contributed by atoms with Gasteiger partial charge < -0.3 is 9.64 Å². The first-order chi connectivity index (χ1) is 11.9. The Morgan fingerprint density at radius 2 is 1.76 bits per heavy atom. The maximum atomic E-state index is 12.2. The van der Waals surface area contributed by atoms with Crippen LogP contribution in [0.3, 0.4) is 0 Å². The molecule has 5 heteroatoms. The lowest BCUT2D eigenvalue weighted by atomic mass is 10.1. The van der Waals surface area contributed by atoms with Gasteiger partial charge in [-0.15, -0.1) is 11.8 Å². The summed E-state index contributed by atoms with van der Waals surface area (Å²) in [5, 5.41) is 0. The van der Waals surface area contributed by atoms with E-state index in [9.17, 15) is 9.59 Å². The lowest BCUT2D eigenvalue weighted by Crippen LogP contribution is -2.30. The molecule has 0 radical (unpaired) electrons. The summed E-state index contributed by atoms with van der Waals surface area (Å²) in [5.41, 5.74) is 3.36. The zero-order valence-corrected chi connectivity index (χ0v) is 15.9. The molecule has 1 amide bonds. The molecule has 0 atom stereocenters. The van der Waals surface area contributed by atoms with E-state index in [1.165, 1.54) is 4.90 Å². The molecule has 0 saturated heterocycles. The minimum Gasteiger partial charge on any atom is -0.452 e. The molecule has 132 valence electrons. The fraction of sp³-hybridized carbons (Fsp3) is 0.300. The third-order valence-electron chi connectivity index (χ3n) is 3.94. The van der Waals surface area contributed by atoms with Crippen molar-refractivity contribution in [3.63, 3.8) is 0 Å². The Kier molecular flexibility index (Phi) is 6.65. The van der Waals surface area contributed by atoms with Crippen molar-refractivity contribution in [2.75, 3.05) is 19.9 Å². The van der Waals surface area contributed by atoms with Crippen molar-refractivity contribution in [1.29, 1.82) is 0 Å². The fourth-order valence-corrected chi connectivity index (χ4v) is 2.77. The number of amides is 1. The van der Waals surface area contributed by atoms with Crippen molar-refractivity contribution in [3.05, 3.63) is 64.7 Å². The topological polar surface area (TPSA) is 46.6 Å². The number of thioether (sulfide) groups is 1. The second-order valence-corrected chi connectivity index (χ2v) is 6.87. The quantitative estimate of drug-likeness (QED) is 0.582. The molecule has 0 unspecified atom stereocenters. The molecule has 0 aliphatic heterocycles. The van der Waals surface area contributed by atoms with Gasteiger partial charge in [-0.1, -0.05) is 29.8 Å². The van der Waals surface area contributed by atoms with Crippen LogP contribution in [-0.4, -0.2) is 36.7 Å². The van der Waals surface area contributed by atoms with Gasteiger partial charge in [-0.05, 0) is 49.4 Å². The first kappa shape index (κ1) is 19.1. The number of benzene rings is 2. The Hall–Kier alpha value is -2.27. The Bertz CT molecular complexity index is 756. The highest BCUT2D eigenvalue weighted by atomic mass is 32.2. The summed E-state index contributed by atoms with van der Waals surface area (Å²) in [5.74, 6) is -0.695. The summed E-state index contributed by atoms with van der Waals surface area (Å²) in [7, 11) is 1.70.